The van der Waals surface area contributed by atoms with Gasteiger partial charge in [-0.05, 0) is 34.6 Å². The molecule has 0 saturated carbocycles. The highest BCUT2D eigenvalue weighted by molar-refractivity contribution is 7.90. The van der Waals surface area contributed by atoms with Gasteiger partial charge in [0.05, 0.1) is 6.07 Å². The van der Waals surface area contributed by atoms with Crippen molar-refractivity contribution in [3.05, 3.63) is 0 Å². The average molecular weight is 262 g/mol. The molecule has 0 heterocycles. The van der Waals surface area contributed by atoms with Gasteiger partial charge in [0.2, 0.25) is 10.0 Å². The number of sulfonamides is 1. The van der Waals surface area contributed by atoms with Crippen molar-refractivity contribution >= 4 is 16.0 Å². The van der Waals surface area contributed by atoms with Gasteiger partial charge in [-0.2, -0.15) is 5.26 Å². The smallest absolute Gasteiger partial charge is 0.324 e. The molecular formula is C10H18N2O4S. The molecule has 6 nitrogen and oxygen atoms in total. The summed E-state index contributed by atoms with van der Waals surface area (Å²) in [5.74, 6) is -0.675. The van der Waals surface area contributed by atoms with Crippen molar-refractivity contribution in [3.63, 3.8) is 0 Å². The summed E-state index contributed by atoms with van der Waals surface area (Å²) in [5, 5.41) is 7.31. The van der Waals surface area contributed by atoms with E-state index in [0.717, 1.165) is 0 Å². The molecule has 0 saturated heterocycles. The van der Waals surface area contributed by atoms with Crippen LogP contribution < -0.4 is 4.72 Å². The number of rotatable bonds is 4. The van der Waals surface area contributed by atoms with Crippen LogP contribution in [0.15, 0.2) is 0 Å². The van der Waals surface area contributed by atoms with Gasteiger partial charge in [0, 0.05) is 0 Å². The first-order valence-corrected chi connectivity index (χ1v) is 6.68. The summed E-state index contributed by atoms with van der Waals surface area (Å²) < 4.78 is 30.1. The Hall–Kier alpha value is -1.13. The van der Waals surface area contributed by atoms with E-state index >= 15 is 0 Å². The van der Waals surface area contributed by atoms with E-state index in [1.807, 2.05) is 0 Å². The number of nitrogens with zero attached hydrogens (tertiary/aromatic N) is 1. The third-order valence-electron chi connectivity index (χ3n) is 1.75. The third kappa shape index (κ3) is 5.65. The monoisotopic (exact) mass is 262 g/mol. The summed E-state index contributed by atoms with van der Waals surface area (Å²) >= 11 is 0. The lowest BCUT2D eigenvalue weighted by Gasteiger charge is -2.22. The topological polar surface area (TPSA) is 96.3 Å². The molecular weight excluding hydrogens is 244 g/mol. The van der Waals surface area contributed by atoms with Crippen molar-refractivity contribution in [1.29, 1.82) is 5.26 Å². The Bertz CT molecular complexity index is 417. The van der Waals surface area contributed by atoms with Crippen LogP contribution in [0.25, 0.3) is 0 Å². The van der Waals surface area contributed by atoms with Crippen LogP contribution in [0.5, 0.6) is 0 Å². The first-order chi connectivity index (χ1) is 7.49. The van der Waals surface area contributed by atoms with Gasteiger partial charge >= 0.3 is 5.97 Å². The Morgan fingerprint density at radius 1 is 1.35 bits per heavy atom. The zero-order chi connectivity index (χ0) is 13.9. The quantitative estimate of drug-likeness (QED) is 0.746. The van der Waals surface area contributed by atoms with Gasteiger partial charge in [0.15, 0.2) is 5.25 Å². The van der Waals surface area contributed by atoms with Gasteiger partial charge < -0.3 is 4.74 Å². The molecule has 17 heavy (non-hydrogen) atoms. The normalized spacial score (nSPS) is 15.8. The number of hydrogen-bond donors (Lipinski definition) is 1. The molecule has 98 valence electrons. The first-order valence-electron chi connectivity index (χ1n) is 5.13. The Kier molecular flexibility index (Phi) is 5.11. The molecule has 0 fully saturated rings. The molecule has 0 rings (SSSR count). The largest absolute Gasteiger partial charge is 0.459 e. The van der Waals surface area contributed by atoms with Gasteiger partial charge in [0.25, 0.3) is 0 Å². The SMILES string of the molecule is CC(C#N)S(=O)(=O)N[C@@H](C)C(=O)OC(C)(C)C. The molecule has 0 aliphatic heterocycles. The molecule has 0 aliphatic rings. The lowest BCUT2D eigenvalue weighted by atomic mass is 10.2. The molecule has 2 atom stereocenters. The van der Waals surface area contributed by atoms with Crippen molar-refractivity contribution < 1.29 is 17.9 Å². The van der Waals surface area contributed by atoms with Crippen LogP contribution in [0, 0.1) is 11.3 Å². The Morgan fingerprint density at radius 3 is 2.18 bits per heavy atom. The van der Waals surface area contributed by atoms with Gasteiger partial charge in [0.1, 0.15) is 11.6 Å². The van der Waals surface area contributed by atoms with Crippen LogP contribution in [-0.2, 0) is 19.6 Å². The molecule has 7 heteroatoms. The molecule has 0 aromatic rings. The molecule has 0 amide bonds. The van der Waals surface area contributed by atoms with E-state index in [1.165, 1.54) is 13.8 Å². The summed E-state index contributed by atoms with van der Waals surface area (Å²) in [6.07, 6.45) is 0. The number of hydrogen-bond acceptors (Lipinski definition) is 5. The van der Waals surface area contributed by atoms with E-state index in [9.17, 15) is 13.2 Å². The average Bonchev–Trinajstić information content (AvgIpc) is 2.12. The van der Waals surface area contributed by atoms with Gasteiger partial charge in [-0.15, -0.1) is 0 Å². The third-order valence-corrected chi connectivity index (χ3v) is 3.47. The Balaban J connectivity index is 4.63. The molecule has 1 N–H and O–H groups in total. The summed E-state index contributed by atoms with van der Waals surface area (Å²) in [4.78, 5) is 11.5. The highest BCUT2D eigenvalue weighted by atomic mass is 32.2. The fourth-order valence-electron chi connectivity index (χ4n) is 0.856. The minimum atomic E-state index is -3.82. The molecule has 0 spiro atoms. The number of nitrogens with one attached hydrogen (secondary N) is 1. The maximum Gasteiger partial charge on any atom is 0.324 e. The fraction of sp³-hybridized carbons (Fsp3) is 0.800. The van der Waals surface area contributed by atoms with Crippen molar-refractivity contribution in [2.75, 3.05) is 0 Å². The Morgan fingerprint density at radius 2 is 1.82 bits per heavy atom. The maximum absolute atomic E-state index is 11.5. The molecule has 0 radical (unpaired) electrons. The van der Waals surface area contributed by atoms with E-state index in [1.54, 1.807) is 26.8 Å². The van der Waals surface area contributed by atoms with Crippen LogP contribution in [0.2, 0.25) is 0 Å². The van der Waals surface area contributed by atoms with Crippen LogP contribution >= 0.6 is 0 Å². The van der Waals surface area contributed by atoms with E-state index in [0.29, 0.717) is 0 Å². The lowest BCUT2D eigenvalue weighted by molar-refractivity contribution is -0.156. The van der Waals surface area contributed by atoms with E-state index in [-0.39, 0.29) is 0 Å². The zero-order valence-corrected chi connectivity index (χ0v) is 11.5. The van der Waals surface area contributed by atoms with Gasteiger partial charge in [-0.25, -0.2) is 13.1 Å². The van der Waals surface area contributed by atoms with E-state index in [4.69, 9.17) is 10.00 Å². The first kappa shape index (κ1) is 15.9. The van der Waals surface area contributed by atoms with Gasteiger partial charge in [-0.1, -0.05) is 0 Å². The fourth-order valence-corrected chi connectivity index (χ4v) is 1.79. The van der Waals surface area contributed by atoms with Crippen molar-refractivity contribution in [2.24, 2.45) is 0 Å². The standard InChI is InChI=1S/C10H18N2O4S/c1-7(6-11)17(14,15)12-8(2)9(13)16-10(3,4)5/h7-8,12H,1-5H3/t7?,8-/m0/s1. The van der Waals surface area contributed by atoms with E-state index in [2.05, 4.69) is 4.72 Å². The summed E-state index contributed by atoms with van der Waals surface area (Å²) in [6, 6.07) is 0.577. The number of esters is 1. The predicted octanol–water partition coefficient (Wildman–Crippen LogP) is 0.548. The van der Waals surface area contributed by atoms with Crippen LogP contribution in [0.3, 0.4) is 0 Å². The number of carbonyl (C=O) groups is 1. The van der Waals surface area contributed by atoms with Crippen LogP contribution in [0.4, 0.5) is 0 Å². The Labute approximate surface area is 102 Å². The minimum Gasteiger partial charge on any atom is -0.459 e. The molecule has 0 bridgehead atoms. The number of ether oxygens (including phenoxy) is 1. The molecule has 0 aromatic heterocycles. The van der Waals surface area contributed by atoms with Crippen molar-refractivity contribution in [2.45, 2.75) is 51.5 Å². The minimum absolute atomic E-state index is 0.675. The predicted molar refractivity (Wildman–Crippen MR) is 62.4 cm³/mol. The summed E-state index contributed by atoms with van der Waals surface area (Å²) in [5.41, 5.74) is -0.683. The summed E-state index contributed by atoms with van der Waals surface area (Å²) in [6.45, 7) is 7.66. The van der Waals surface area contributed by atoms with Gasteiger partial charge in [-0.3, -0.25) is 4.79 Å². The number of nitriles is 1. The van der Waals surface area contributed by atoms with E-state index < -0.39 is 32.9 Å². The summed E-state index contributed by atoms with van der Waals surface area (Å²) in [7, 11) is -3.82. The second-order valence-electron chi connectivity index (χ2n) is 4.69. The molecule has 0 aliphatic carbocycles. The highest BCUT2D eigenvalue weighted by Gasteiger charge is 2.28. The second kappa shape index (κ2) is 5.47. The van der Waals surface area contributed by atoms with Crippen LogP contribution in [-0.4, -0.2) is 31.3 Å². The maximum atomic E-state index is 11.5. The highest BCUT2D eigenvalue weighted by Crippen LogP contribution is 2.09. The zero-order valence-electron chi connectivity index (χ0n) is 10.6. The van der Waals surface area contributed by atoms with Crippen molar-refractivity contribution in [3.8, 4) is 6.07 Å². The molecule has 1 unspecified atom stereocenters. The number of carbonyl (C=O) groups excluding carboxylic acids is 1. The van der Waals surface area contributed by atoms with Crippen LogP contribution in [0.1, 0.15) is 34.6 Å². The molecule has 0 aromatic carbocycles. The second-order valence-corrected chi connectivity index (χ2v) is 6.72. The van der Waals surface area contributed by atoms with Crippen molar-refractivity contribution in [1.82, 2.24) is 4.72 Å². The lowest BCUT2D eigenvalue weighted by Crippen LogP contribution is -2.44.